The van der Waals surface area contributed by atoms with Crippen molar-refractivity contribution < 1.29 is 24.2 Å². The van der Waals surface area contributed by atoms with Gasteiger partial charge in [-0.15, -0.1) is 0 Å². The highest BCUT2D eigenvalue weighted by Crippen LogP contribution is 2.30. The first-order chi connectivity index (χ1) is 12.1. The molecular formula is C18H19ClNO6-. The Morgan fingerprint density at radius 2 is 2.00 bits per heavy atom. The van der Waals surface area contributed by atoms with Crippen LogP contribution in [-0.4, -0.2) is 23.0 Å². The Hall–Kier alpha value is -2.54. The zero-order valence-corrected chi connectivity index (χ0v) is 15.3. The monoisotopic (exact) mass is 380 g/mol. The Labute approximate surface area is 154 Å². The summed E-state index contributed by atoms with van der Waals surface area (Å²) in [7, 11) is 0. The molecule has 26 heavy (non-hydrogen) atoms. The van der Waals surface area contributed by atoms with Crippen LogP contribution in [-0.2, 0) is 16.0 Å². The zero-order chi connectivity index (χ0) is 19.6. The molecule has 0 fully saturated rings. The number of carbonyl (C=O) groups excluding carboxylic acids is 2. The van der Waals surface area contributed by atoms with Gasteiger partial charge in [-0.2, -0.15) is 0 Å². The van der Waals surface area contributed by atoms with Crippen LogP contribution in [0.5, 0.6) is 5.75 Å². The molecule has 1 aromatic carbocycles. The van der Waals surface area contributed by atoms with E-state index in [1.165, 1.54) is 12.1 Å². The lowest BCUT2D eigenvalue weighted by Crippen LogP contribution is -2.49. The molecule has 2 N–H and O–H groups in total. The lowest BCUT2D eigenvalue weighted by molar-refractivity contribution is -0.308. The quantitative estimate of drug-likeness (QED) is 0.728. The van der Waals surface area contributed by atoms with Crippen molar-refractivity contribution in [2.75, 3.05) is 0 Å². The van der Waals surface area contributed by atoms with E-state index in [4.69, 9.17) is 16.0 Å². The minimum atomic E-state index is -1.38. The second kappa shape index (κ2) is 7.78. The highest BCUT2D eigenvalue weighted by molar-refractivity contribution is 6.32. The molecular weight excluding hydrogens is 362 g/mol. The number of phenols is 1. The third-order valence-electron chi connectivity index (χ3n) is 4.02. The van der Waals surface area contributed by atoms with Gasteiger partial charge in [-0.05, 0) is 30.9 Å². The molecule has 140 valence electrons. The molecule has 0 aliphatic heterocycles. The average Bonchev–Trinajstić information content (AvgIpc) is 2.52. The Kier molecular flexibility index (Phi) is 5.92. The maximum absolute atomic E-state index is 12.2. The number of amides is 1. The van der Waals surface area contributed by atoms with Crippen LogP contribution in [0.4, 0.5) is 0 Å². The summed E-state index contributed by atoms with van der Waals surface area (Å²) in [5.41, 5.74) is -0.0210. The van der Waals surface area contributed by atoms with Gasteiger partial charge in [0.25, 0.3) is 0 Å². The first-order valence-electron chi connectivity index (χ1n) is 8.05. The van der Waals surface area contributed by atoms with Gasteiger partial charge < -0.3 is 24.7 Å². The number of aromatic hydroxyl groups is 1. The predicted molar refractivity (Wildman–Crippen MR) is 94.0 cm³/mol. The number of carboxylic acid groups (broad SMARTS) is 1. The normalized spacial score (nSPS) is 12.3. The van der Waals surface area contributed by atoms with Crippen LogP contribution in [0.2, 0.25) is 5.02 Å². The number of carboxylic acids is 1. The standard InChI is InChI=1S/C18H20ClNO6/c1-8(2)4-13(17(23)24)20-16(22)6-11-9(3)10-5-12(19)14(21)7-15(10)26-18(11)25/h5,7-8,13,21H,4,6H2,1-3H3,(H,20,22)(H,23,24)/p-1/t13-/m0/s1. The Morgan fingerprint density at radius 1 is 1.35 bits per heavy atom. The van der Waals surface area contributed by atoms with Crippen molar-refractivity contribution >= 4 is 34.4 Å². The topological polar surface area (TPSA) is 120 Å². The number of hydrogen-bond donors (Lipinski definition) is 2. The molecule has 0 aliphatic rings. The fourth-order valence-electron chi connectivity index (χ4n) is 2.69. The van der Waals surface area contributed by atoms with Gasteiger partial charge in [0.1, 0.15) is 11.3 Å². The summed E-state index contributed by atoms with van der Waals surface area (Å²) in [5.74, 6) is -2.19. The smallest absolute Gasteiger partial charge is 0.340 e. The Morgan fingerprint density at radius 3 is 2.58 bits per heavy atom. The van der Waals surface area contributed by atoms with Gasteiger partial charge in [0, 0.05) is 11.5 Å². The highest BCUT2D eigenvalue weighted by atomic mass is 35.5. The van der Waals surface area contributed by atoms with Gasteiger partial charge in [-0.25, -0.2) is 4.79 Å². The molecule has 0 saturated carbocycles. The van der Waals surface area contributed by atoms with E-state index < -0.39 is 23.5 Å². The highest BCUT2D eigenvalue weighted by Gasteiger charge is 2.19. The molecule has 0 saturated heterocycles. The third kappa shape index (κ3) is 4.35. The van der Waals surface area contributed by atoms with Gasteiger partial charge >= 0.3 is 5.63 Å². The van der Waals surface area contributed by atoms with Crippen LogP contribution < -0.4 is 16.0 Å². The Balaban J connectivity index is 2.32. The molecule has 0 radical (unpaired) electrons. The number of phenolic OH excluding ortho intramolecular Hbond substituents is 1. The molecule has 1 atom stereocenters. The lowest BCUT2D eigenvalue weighted by atomic mass is 10.0. The summed E-state index contributed by atoms with van der Waals surface area (Å²) in [6.45, 7) is 5.27. The van der Waals surface area contributed by atoms with Gasteiger partial charge in [-0.1, -0.05) is 25.4 Å². The van der Waals surface area contributed by atoms with Crippen molar-refractivity contribution in [2.45, 2.75) is 39.7 Å². The SMILES string of the molecule is Cc1c(CC(=O)N[C@@H](CC(C)C)C(=O)[O-])c(=O)oc2cc(O)c(Cl)cc12. The largest absolute Gasteiger partial charge is 0.548 e. The zero-order valence-electron chi connectivity index (χ0n) is 14.6. The number of benzene rings is 1. The minimum Gasteiger partial charge on any atom is -0.548 e. The molecule has 7 nitrogen and oxygen atoms in total. The van der Waals surface area contributed by atoms with Crippen LogP contribution in [0.25, 0.3) is 11.0 Å². The van der Waals surface area contributed by atoms with Crippen LogP contribution in [0, 0.1) is 12.8 Å². The second-order valence-electron chi connectivity index (χ2n) is 6.54. The fraction of sp³-hybridized carbons (Fsp3) is 0.389. The van der Waals surface area contributed by atoms with Crippen molar-refractivity contribution in [1.82, 2.24) is 5.32 Å². The van der Waals surface area contributed by atoms with E-state index in [0.29, 0.717) is 10.9 Å². The maximum atomic E-state index is 12.2. The van der Waals surface area contributed by atoms with Crippen LogP contribution >= 0.6 is 11.6 Å². The van der Waals surface area contributed by atoms with Crippen LogP contribution in [0.1, 0.15) is 31.4 Å². The van der Waals surface area contributed by atoms with Gasteiger partial charge in [-0.3, -0.25) is 4.79 Å². The minimum absolute atomic E-state index is 0.0421. The summed E-state index contributed by atoms with van der Waals surface area (Å²) in [5, 5.41) is 23.7. The fourth-order valence-corrected chi connectivity index (χ4v) is 2.86. The van der Waals surface area contributed by atoms with Crippen molar-refractivity contribution in [3.8, 4) is 5.75 Å². The molecule has 8 heteroatoms. The van der Waals surface area contributed by atoms with E-state index in [1.807, 2.05) is 13.8 Å². The van der Waals surface area contributed by atoms with Crippen molar-refractivity contribution in [1.29, 1.82) is 0 Å². The summed E-state index contributed by atoms with van der Waals surface area (Å²) in [4.78, 5) is 35.6. The number of hydrogen-bond acceptors (Lipinski definition) is 6. The van der Waals surface area contributed by atoms with Crippen molar-refractivity contribution in [3.05, 3.63) is 38.7 Å². The van der Waals surface area contributed by atoms with Crippen LogP contribution in [0.15, 0.2) is 21.3 Å². The number of rotatable bonds is 6. The van der Waals surface area contributed by atoms with E-state index in [1.54, 1.807) is 6.92 Å². The number of halogens is 1. The summed E-state index contributed by atoms with van der Waals surface area (Å²) in [6, 6.07) is 1.53. The second-order valence-corrected chi connectivity index (χ2v) is 6.95. The third-order valence-corrected chi connectivity index (χ3v) is 4.32. The first kappa shape index (κ1) is 19.8. The number of aliphatic carboxylic acids is 1. The van der Waals surface area contributed by atoms with Crippen LogP contribution in [0.3, 0.4) is 0 Å². The molecule has 1 amide bonds. The average molecular weight is 381 g/mol. The van der Waals surface area contributed by atoms with E-state index in [9.17, 15) is 24.6 Å². The molecule has 2 aromatic rings. The number of carbonyl (C=O) groups is 2. The van der Waals surface area contributed by atoms with E-state index >= 15 is 0 Å². The number of nitrogens with one attached hydrogen (secondary N) is 1. The van der Waals surface area contributed by atoms with Gasteiger partial charge in [0.15, 0.2) is 0 Å². The van der Waals surface area contributed by atoms with Crippen molar-refractivity contribution in [3.63, 3.8) is 0 Å². The molecule has 0 aliphatic carbocycles. The van der Waals surface area contributed by atoms with E-state index in [2.05, 4.69) is 5.32 Å². The van der Waals surface area contributed by atoms with Gasteiger partial charge in [0.05, 0.1) is 29.0 Å². The molecule has 1 aromatic heterocycles. The lowest BCUT2D eigenvalue weighted by Gasteiger charge is -2.21. The number of aryl methyl sites for hydroxylation is 1. The molecule has 0 spiro atoms. The molecule has 0 bridgehead atoms. The first-order valence-corrected chi connectivity index (χ1v) is 8.43. The molecule has 0 unspecified atom stereocenters. The molecule has 1 heterocycles. The van der Waals surface area contributed by atoms with E-state index in [-0.39, 0.29) is 40.7 Å². The van der Waals surface area contributed by atoms with Gasteiger partial charge in [0.2, 0.25) is 5.91 Å². The summed E-state index contributed by atoms with van der Waals surface area (Å²) >= 11 is 5.89. The maximum Gasteiger partial charge on any atom is 0.340 e. The van der Waals surface area contributed by atoms with Crippen molar-refractivity contribution in [2.24, 2.45) is 5.92 Å². The van der Waals surface area contributed by atoms with E-state index in [0.717, 1.165) is 0 Å². The Bertz CT molecular complexity index is 918. The molecule has 2 rings (SSSR count). The summed E-state index contributed by atoms with van der Waals surface area (Å²) < 4.78 is 5.14. The summed E-state index contributed by atoms with van der Waals surface area (Å²) in [6.07, 6.45) is -0.126. The predicted octanol–water partition coefficient (Wildman–Crippen LogP) is 1.28. The number of fused-ring (bicyclic) bond motifs is 1.